The molecule has 0 bridgehead atoms. The van der Waals surface area contributed by atoms with Crippen molar-refractivity contribution in [1.29, 1.82) is 0 Å². The van der Waals surface area contributed by atoms with Crippen molar-refractivity contribution in [3.8, 4) is 33.8 Å². The second-order valence-corrected chi connectivity index (χ2v) is 13.0. The van der Waals surface area contributed by atoms with E-state index in [1.165, 1.54) is 49.0 Å². The van der Waals surface area contributed by atoms with Crippen molar-refractivity contribution in [2.45, 2.75) is 26.2 Å². The summed E-state index contributed by atoms with van der Waals surface area (Å²) < 4.78 is 15.1. The predicted octanol–water partition coefficient (Wildman–Crippen LogP) is 9.22. The van der Waals surface area contributed by atoms with Crippen LogP contribution >= 0.6 is 31.9 Å². The molecule has 2 nitrogen and oxygen atoms in total. The smallest absolute Gasteiger partial charge is 0.521 e. The summed E-state index contributed by atoms with van der Waals surface area (Å²) >= 11 is 7.41. The number of hydrogen-bond donors (Lipinski definition) is 0. The van der Waals surface area contributed by atoms with Crippen molar-refractivity contribution in [2.24, 2.45) is 0 Å². The van der Waals surface area contributed by atoms with Crippen molar-refractivity contribution in [2.75, 3.05) is 0 Å². The molecule has 0 saturated carbocycles. The molecule has 6 aromatic rings. The van der Waals surface area contributed by atoms with E-state index in [2.05, 4.69) is 101 Å². The molecule has 2 aliphatic heterocycles. The molecule has 6 aromatic carbocycles. The van der Waals surface area contributed by atoms with E-state index in [1.54, 1.807) is 0 Å². The Morgan fingerprint density at radius 2 is 1.14 bits per heavy atom. The summed E-state index contributed by atoms with van der Waals surface area (Å²) in [6.07, 6.45) is 0. The first-order valence-corrected chi connectivity index (χ1v) is 14.1. The molecule has 0 spiro atoms. The van der Waals surface area contributed by atoms with E-state index in [0.717, 1.165) is 37.0 Å². The monoisotopic (exact) mass is 606 g/mol. The molecule has 0 atom stereocenters. The zero-order valence-corrected chi connectivity index (χ0v) is 23.7. The molecule has 0 radical (unpaired) electrons. The van der Waals surface area contributed by atoms with E-state index in [-0.39, 0.29) is 5.41 Å². The van der Waals surface area contributed by atoms with Crippen LogP contribution in [0.3, 0.4) is 0 Å². The summed E-state index contributed by atoms with van der Waals surface area (Å²) in [5.74, 6) is 1.69. The fraction of sp³-hybridized carbons (Fsp3) is 0.125. The van der Waals surface area contributed by atoms with Crippen LogP contribution in [0.4, 0.5) is 0 Å². The summed E-state index contributed by atoms with van der Waals surface area (Å²) in [5, 5.41) is 7.68. The maximum atomic E-state index is 6.51. The van der Waals surface area contributed by atoms with Gasteiger partial charge in [-0.05, 0) is 90.8 Å². The van der Waals surface area contributed by atoms with Gasteiger partial charge >= 0.3 is 7.12 Å². The molecule has 2 heterocycles. The average molecular weight is 608 g/mol. The zero-order valence-electron chi connectivity index (χ0n) is 20.6. The molecule has 0 fully saturated rings. The third kappa shape index (κ3) is 2.99. The van der Waals surface area contributed by atoms with Gasteiger partial charge in [0.05, 0.1) is 0 Å². The van der Waals surface area contributed by atoms with Gasteiger partial charge in [0, 0.05) is 25.5 Å². The van der Waals surface area contributed by atoms with Crippen molar-refractivity contribution in [1.82, 2.24) is 0 Å². The van der Waals surface area contributed by atoms with Gasteiger partial charge < -0.3 is 9.31 Å². The second kappa shape index (κ2) is 7.30. The molecule has 2 aliphatic rings. The molecule has 0 unspecified atom stereocenters. The SMILES string of the molecule is CC(C)(C)c1cc2ccc3c4c5c(c6ccc(c1)c2c36)-c1cc(Br)ccc1OB5Oc1ccc(Br)cc1-4. The van der Waals surface area contributed by atoms with Gasteiger partial charge in [0.2, 0.25) is 0 Å². The molecule has 0 amide bonds. The molecule has 37 heavy (non-hydrogen) atoms. The highest BCUT2D eigenvalue weighted by atomic mass is 79.9. The van der Waals surface area contributed by atoms with Gasteiger partial charge in [-0.2, -0.15) is 0 Å². The summed E-state index contributed by atoms with van der Waals surface area (Å²) in [6, 6.07) is 26.4. The highest BCUT2D eigenvalue weighted by Gasteiger charge is 2.43. The van der Waals surface area contributed by atoms with Crippen LogP contribution in [0.5, 0.6) is 11.5 Å². The lowest BCUT2D eigenvalue weighted by atomic mass is 9.63. The van der Waals surface area contributed by atoms with Crippen molar-refractivity contribution in [3.05, 3.63) is 87.3 Å². The van der Waals surface area contributed by atoms with Gasteiger partial charge in [0.25, 0.3) is 0 Å². The quantitative estimate of drug-likeness (QED) is 0.127. The Labute approximate surface area is 232 Å². The minimum absolute atomic E-state index is 0.0773. The highest BCUT2D eigenvalue weighted by molar-refractivity contribution is 9.10. The van der Waals surface area contributed by atoms with E-state index in [4.69, 9.17) is 9.31 Å². The summed E-state index contributed by atoms with van der Waals surface area (Å²) in [7, 11) is -0.498. The van der Waals surface area contributed by atoms with Crippen LogP contribution in [0.25, 0.3) is 54.6 Å². The molecule has 5 heteroatoms. The minimum atomic E-state index is -0.498. The fourth-order valence-corrected chi connectivity index (χ4v) is 6.94. The molecule has 178 valence electrons. The normalized spacial score (nSPS) is 13.9. The first-order chi connectivity index (χ1) is 17.8. The van der Waals surface area contributed by atoms with Crippen LogP contribution in [0.15, 0.2) is 81.7 Å². The summed E-state index contributed by atoms with van der Waals surface area (Å²) in [4.78, 5) is 0. The lowest BCUT2D eigenvalue weighted by Crippen LogP contribution is -2.49. The van der Waals surface area contributed by atoms with Gasteiger partial charge in [0.15, 0.2) is 0 Å². The van der Waals surface area contributed by atoms with Crippen molar-refractivity contribution in [3.63, 3.8) is 0 Å². The third-order valence-electron chi connectivity index (χ3n) is 7.92. The summed E-state index contributed by atoms with van der Waals surface area (Å²) in [5.41, 5.74) is 7.14. The molecule has 0 N–H and O–H groups in total. The fourth-order valence-electron chi connectivity index (χ4n) is 6.22. The van der Waals surface area contributed by atoms with E-state index in [0.29, 0.717) is 0 Å². The maximum Gasteiger partial charge on any atom is 0.634 e. The van der Waals surface area contributed by atoms with Gasteiger partial charge in [0.1, 0.15) is 11.5 Å². The van der Waals surface area contributed by atoms with Gasteiger partial charge in [-0.15, -0.1) is 0 Å². The first-order valence-electron chi connectivity index (χ1n) is 12.5. The first kappa shape index (κ1) is 22.0. The van der Waals surface area contributed by atoms with Crippen molar-refractivity contribution < 1.29 is 9.31 Å². The van der Waals surface area contributed by atoms with Gasteiger partial charge in [-0.25, -0.2) is 0 Å². The van der Waals surface area contributed by atoms with Crippen LogP contribution in [0, 0.1) is 0 Å². The molecule has 8 rings (SSSR count). The summed E-state index contributed by atoms with van der Waals surface area (Å²) in [6.45, 7) is 6.85. The molecule has 0 aromatic heterocycles. The van der Waals surface area contributed by atoms with Crippen LogP contribution < -0.4 is 14.8 Å². The van der Waals surface area contributed by atoms with Gasteiger partial charge in [-0.1, -0.05) is 89.0 Å². The Bertz CT molecular complexity index is 1830. The van der Waals surface area contributed by atoms with E-state index in [9.17, 15) is 0 Å². The Hall–Kier alpha value is -3.02. The van der Waals surface area contributed by atoms with Crippen LogP contribution in [0.2, 0.25) is 0 Å². The number of halogens is 2. The average Bonchev–Trinajstić information content (AvgIpc) is 2.87. The Kier molecular flexibility index (Phi) is 4.34. The zero-order chi connectivity index (χ0) is 25.2. The molecule has 0 aliphatic carbocycles. The Balaban J connectivity index is 1.62. The number of fused-ring (bicyclic) bond motifs is 6. The predicted molar refractivity (Wildman–Crippen MR) is 162 cm³/mol. The molecule has 0 saturated heterocycles. The lowest BCUT2D eigenvalue weighted by Gasteiger charge is -2.34. The standard InChI is InChI=1S/C32H21BBr2O2/c1-32(2,3)18-12-16-4-8-21-28-22(9-5-17(13-18)27(16)28)30-24-15-20(35)7-11-26(24)37-33-31(30)29(21)23-14-19(34)6-10-25(23)36-33/h4-15H,1-3H3. The lowest BCUT2D eigenvalue weighted by molar-refractivity contribution is 0.436. The maximum absolute atomic E-state index is 6.51. The Morgan fingerprint density at radius 1 is 0.622 bits per heavy atom. The number of rotatable bonds is 0. The molecular formula is C32H21BBr2O2. The van der Waals surface area contributed by atoms with E-state index >= 15 is 0 Å². The van der Waals surface area contributed by atoms with E-state index in [1.807, 2.05) is 24.3 Å². The second-order valence-electron chi connectivity index (χ2n) is 11.2. The number of hydrogen-bond acceptors (Lipinski definition) is 2. The van der Waals surface area contributed by atoms with Crippen LogP contribution in [-0.4, -0.2) is 7.12 Å². The van der Waals surface area contributed by atoms with E-state index < -0.39 is 7.12 Å². The topological polar surface area (TPSA) is 18.5 Å². The Morgan fingerprint density at radius 3 is 1.62 bits per heavy atom. The minimum Gasteiger partial charge on any atom is -0.521 e. The third-order valence-corrected chi connectivity index (χ3v) is 8.90. The van der Waals surface area contributed by atoms with Crippen molar-refractivity contribution >= 4 is 76.8 Å². The molecular weight excluding hydrogens is 587 g/mol. The largest absolute Gasteiger partial charge is 0.634 e. The van der Waals surface area contributed by atoms with Gasteiger partial charge in [-0.3, -0.25) is 0 Å². The number of benzene rings is 6. The van der Waals surface area contributed by atoms with Crippen LogP contribution in [0.1, 0.15) is 26.3 Å². The van der Waals surface area contributed by atoms with Crippen LogP contribution in [-0.2, 0) is 5.41 Å². The highest BCUT2D eigenvalue weighted by Crippen LogP contribution is 2.50.